The van der Waals surface area contributed by atoms with Gasteiger partial charge in [0.15, 0.2) is 0 Å². The molecule has 0 saturated carbocycles. The summed E-state index contributed by atoms with van der Waals surface area (Å²) in [6, 6.07) is 5.59. The molecule has 0 aromatic heterocycles. The van der Waals surface area contributed by atoms with Gasteiger partial charge in [-0.15, -0.1) is 0 Å². The van der Waals surface area contributed by atoms with Crippen LogP contribution in [-0.4, -0.2) is 24.5 Å². The zero-order valence-electron chi connectivity index (χ0n) is 10.0. The Kier molecular flexibility index (Phi) is 5.06. The van der Waals surface area contributed by atoms with Crippen LogP contribution in [0.1, 0.15) is 5.56 Å². The van der Waals surface area contributed by atoms with E-state index < -0.39 is 10.9 Å². The van der Waals surface area contributed by atoms with Crippen LogP contribution in [0.2, 0.25) is 0 Å². The van der Waals surface area contributed by atoms with Crippen LogP contribution in [0.25, 0.3) is 16.5 Å². The number of ether oxygens (including phenoxy) is 1. The van der Waals surface area contributed by atoms with E-state index in [1.54, 1.807) is 0 Å². The van der Waals surface area contributed by atoms with Crippen LogP contribution < -0.4 is 0 Å². The molecule has 0 bridgehead atoms. The van der Waals surface area contributed by atoms with Gasteiger partial charge in [0.2, 0.25) is 0 Å². The minimum absolute atomic E-state index is 0.0492. The normalized spacial score (nSPS) is 10.5. The maximum atomic E-state index is 11.4. The number of rotatable bonds is 5. The highest BCUT2D eigenvalue weighted by atomic mass is 16.6. The molecule has 0 radical (unpaired) electrons. The summed E-state index contributed by atoms with van der Waals surface area (Å²) in [4.78, 5) is 23.9. The molecule has 8 heteroatoms. The molecule has 1 aromatic rings. The molecule has 0 aliphatic heterocycles. The molecule has 98 valence electrons. The zero-order valence-corrected chi connectivity index (χ0v) is 10.0. The Labute approximate surface area is 108 Å². The lowest BCUT2D eigenvalue weighted by molar-refractivity contribution is -0.384. The lowest BCUT2D eigenvalue weighted by atomic mass is 10.1. The summed E-state index contributed by atoms with van der Waals surface area (Å²) < 4.78 is 4.54. The third kappa shape index (κ3) is 4.14. The predicted octanol–water partition coefficient (Wildman–Crippen LogP) is 2.46. The molecule has 0 aliphatic carbocycles. The highest BCUT2D eigenvalue weighted by molar-refractivity contribution is 5.94. The highest BCUT2D eigenvalue weighted by Crippen LogP contribution is 2.15. The van der Waals surface area contributed by atoms with Crippen molar-refractivity contribution < 1.29 is 14.5 Å². The average Bonchev–Trinajstić information content (AvgIpc) is 2.43. The van der Waals surface area contributed by atoms with Crippen LogP contribution in [0.5, 0.6) is 0 Å². The van der Waals surface area contributed by atoms with E-state index in [0.717, 1.165) is 0 Å². The van der Waals surface area contributed by atoms with Crippen molar-refractivity contribution in [3.8, 4) is 0 Å². The monoisotopic (exact) mass is 262 g/mol. The molecule has 0 unspecified atom stereocenters. The maximum Gasteiger partial charge on any atom is 0.333 e. The molecule has 0 spiro atoms. The van der Waals surface area contributed by atoms with Crippen molar-refractivity contribution in [2.24, 2.45) is 5.11 Å². The zero-order chi connectivity index (χ0) is 14.3. The molecule has 0 heterocycles. The highest BCUT2D eigenvalue weighted by Gasteiger charge is 2.09. The van der Waals surface area contributed by atoms with Crippen LogP contribution in [-0.2, 0) is 9.53 Å². The van der Waals surface area contributed by atoms with Crippen molar-refractivity contribution in [1.82, 2.24) is 0 Å². The SMILES string of the molecule is COC(=O)/C(=C/c1ccc([N+](=O)[O-])cc1)CN=[N+]=[N-]. The molecule has 19 heavy (non-hydrogen) atoms. The van der Waals surface area contributed by atoms with E-state index in [1.165, 1.54) is 37.5 Å². The summed E-state index contributed by atoms with van der Waals surface area (Å²) in [7, 11) is 1.21. The Bertz CT molecular complexity index is 559. The van der Waals surface area contributed by atoms with E-state index in [9.17, 15) is 14.9 Å². The molecule has 0 amide bonds. The van der Waals surface area contributed by atoms with E-state index in [0.29, 0.717) is 5.56 Å². The molecule has 8 nitrogen and oxygen atoms in total. The number of esters is 1. The van der Waals surface area contributed by atoms with Gasteiger partial charge in [-0.2, -0.15) is 0 Å². The van der Waals surface area contributed by atoms with Gasteiger partial charge in [0, 0.05) is 22.6 Å². The minimum Gasteiger partial charge on any atom is -0.466 e. The second kappa shape index (κ2) is 6.77. The number of hydrogen-bond donors (Lipinski definition) is 0. The van der Waals surface area contributed by atoms with E-state index in [1.807, 2.05) is 0 Å². The molecule has 0 aliphatic rings. The van der Waals surface area contributed by atoms with Crippen molar-refractivity contribution >= 4 is 17.7 Å². The third-order valence-corrected chi connectivity index (χ3v) is 2.20. The average molecular weight is 262 g/mol. The fourth-order valence-electron chi connectivity index (χ4n) is 1.30. The van der Waals surface area contributed by atoms with E-state index in [4.69, 9.17) is 5.53 Å². The summed E-state index contributed by atoms with van der Waals surface area (Å²) in [5.41, 5.74) is 8.92. The molecule has 0 atom stereocenters. The van der Waals surface area contributed by atoms with Crippen molar-refractivity contribution in [2.75, 3.05) is 13.7 Å². The Morgan fingerprint density at radius 1 is 1.53 bits per heavy atom. The Hall–Kier alpha value is -2.86. The standard InChI is InChI=1S/C11H10N4O4/c1-19-11(16)9(7-13-14-12)6-8-2-4-10(5-3-8)15(17)18/h2-6H,7H2,1H3/b9-6+. The minimum atomic E-state index is -0.620. The van der Waals surface area contributed by atoms with Gasteiger partial charge in [-0.25, -0.2) is 4.79 Å². The second-order valence-electron chi connectivity index (χ2n) is 3.40. The number of nitro benzene ring substituents is 1. The molecule has 0 fully saturated rings. The molecular formula is C11H10N4O4. The van der Waals surface area contributed by atoms with E-state index >= 15 is 0 Å². The van der Waals surface area contributed by atoms with Gasteiger partial charge >= 0.3 is 5.97 Å². The molecule has 1 rings (SSSR count). The van der Waals surface area contributed by atoms with Crippen LogP contribution in [0, 0.1) is 10.1 Å². The van der Waals surface area contributed by atoms with Crippen molar-refractivity contribution in [1.29, 1.82) is 0 Å². The third-order valence-electron chi connectivity index (χ3n) is 2.20. The predicted molar refractivity (Wildman–Crippen MR) is 67.1 cm³/mol. The maximum absolute atomic E-state index is 11.4. The first kappa shape index (κ1) is 14.2. The number of non-ortho nitro benzene ring substituents is 1. The smallest absolute Gasteiger partial charge is 0.333 e. The van der Waals surface area contributed by atoms with Gasteiger partial charge in [-0.1, -0.05) is 5.11 Å². The number of hydrogen-bond acceptors (Lipinski definition) is 5. The summed E-state index contributed by atoms with van der Waals surface area (Å²) in [6.07, 6.45) is 1.45. The summed E-state index contributed by atoms with van der Waals surface area (Å²) in [5.74, 6) is -0.620. The number of carbonyl (C=O) groups is 1. The number of nitrogens with zero attached hydrogens (tertiary/aromatic N) is 4. The van der Waals surface area contributed by atoms with Crippen LogP contribution in [0.15, 0.2) is 35.0 Å². The Morgan fingerprint density at radius 2 is 2.16 bits per heavy atom. The molecular weight excluding hydrogens is 252 g/mol. The largest absolute Gasteiger partial charge is 0.466 e. The molecule has 0 N–H and O–H groups in total. The Morgan fingerprint density at radius 3 is 2.63 bits per heavy atom. The quantitative estimate of drug-likeness (QED) is 0.154. The first-order valence-corrected chi connectivity index (χ1v) is 5.12. The van der Waals surface area contributed by atoms with Gasteiger partial charge in [0.1, 0.15) is 0 Å². The van der Waals surface area contributed by atoms with Crippen LogP contribution >= 0.6 is 0 Å². The van der Waals surface area contributed by atoms with Gasteiger partial charge < -0.3 is 4.74 Å². The topological polar surface area (TPSA) is 118 Å². The number of azide groups is 1. The Balaban J connectivity index is 3.03. The lowest BCUT2D eigenvalue weighted by Crippen LogP contribution is -2.07. The number of nitro groups is 1. The fraction of sp³-hybridized carbons (Fsp3) is 0.182. The first-order valence-electron chi connectivity index (χ1n) is 5.12. The summed E-state index contributed by atoms with van der Waals surface area (Å²) in [6.45, 7) is -0.153. The van der Waals surface area contributed by atoms with Gasteiger partial charge in [0.05, 0.1) is 18.6 Å². The lowest BCUT2D eigenvalue weighted by Gasteiger charge is -2.02. The van der Waals surface area contributed by atoms with Gasteiger partial charge in [-0.3, -0.25) is 10.1 Å². The molecule has 0 saturated heterocycles. The van der Waals surface area contributed by atoms with E-state index in [2.05, 4.69) is 14.8 Å². The summed E-state index contributed by atoms with van der Waals surface area (Å²) in [5, 5.41) is 13.8. The number of methoxy groups -OCH3 is 1. The van der Waals surface area contributed by atoms with Crippen molar-refractivity contribution in [2.45, 2.75) is 0 Å². The van der Waals surface area contributed by atoms with Crippen molar-refractivity contribution in [3.63, 3.8) is 0 Å². The van der Waals surface area contributed by atoms with E-state index in [-0.39, 0.29) is 17.8 Å². The fourth-order valence-corrected chi connectivity index (χ4v) is 1.30. The van der Waals surface area contributed by atoms with Crippen LogP contribution in [0.3, 0.4) is 0 Å². The second-order valence-corrected chi connectivity index (χ2v) is 3.40. The van der Waals surface area contributed by atoms with Crippen molar-refractivity contribution in [3.05, 3.63) is 56.0 Å². The number of carbonyl (C=O) groups excluding carboxylic acids is 1. The number of benzene rings is 1. The van der Waals surface area contributed by atoms with Gasteiger partial charge in [0.25, 0.3) is 5.69 Å². The molecule has 1 aromatic carbocycles. The van der Waals surface area contributed by atoms with Gasteiger partial charge in [-0.05, 0) is 29.3 Å². The van der Waals surface area contributed by atoms with Crippen LogP contribution in [0.4, 0.5) is 5.69 Å². The first-order chi connectivity index (χ1) is 9.08. The summed E-state index contributed by atoms with van der Waals surface area (Å²) >= 11 is 0.